The summed E-state index contributed by atoms with van der Waals surface area (Å²) in [5, 5.41) is 3.22. The molecule has 2 N–H and O–H groups in total. The van der Waals surface area contributed by atoms with Crippen molar-refractivity contribution in [2.45, 2.75) is 11.3 Å². The zero-order valence-corrected chi connectivity index (χ0v) is 15.2. The van der Waals surface area contributed by atoms with E-state index in [-0.39, 0.29) is 10.8 Å². The molecule has 0 unspecified atom stereocenters. The van der Waals surface area contributed by atoms with E-state index in [0.29, 0.717) is 29.4 Å². The number of hydrogen-bond acceptors (Lipinski definition) is 4. The molecule has 0 saturated carbocycles. The first-order valence-electron chi connectivity index (χ1n) is 7.58. The topological polar surface area (TPSA) is 84.5 Å². The SMILES string of the molecule is COCCCNC(=O)c1ccc(NS(=O)(=O)c2ccc(Cl)cc2)cc1. The van der Waals surface area contributed by atoms with Crippen molar-refractivity contribution in [3.63, 3.8) is 0 Å². The van der Waals surface area contributed by atoms with Crippen LogP contribution in [0.15, 0.2) is 53.4 Å². The lowest BCUT2D eigenvalue weighted by atomic mass is 10.2. The van der Waals surface area contributed by atoms with Gasteiger partial charge in [0.2, 0.25) is 0 Å². The quantitative estimate of drug-likeness (QED) is 0.687. The zero-order valence-electron chi connectivity index (χ0n) is 13.7. The first-order valence-corrected chi connectivity index (χ1v) is 9.44. The Balaban J connectivity index is 2.00. The predicted octanol–water partition coefficient (Wildman–Crippen LogP) is 2.91. The van der Waals surface area contributed by atoms with Gasteiger partial charge in [-0.05, 0) is 55.0 Å². The maximum Gasteiger partial charge on any atom is 0.261 e. The number of amides is 1. The summed E-state index contributed by atoms with van der Waals surface area (Å²) in [7, 11) is -2.10. The Kier molecular flexibility index (Phi) is 6.81. The molecule has 8 heteroatoms. The third-order valence-corrected chi connectivity index (χ3v) is 4.98. The molecule has 0 radical (unpaired) electrons. The number of methoxy groups -OCH3 is 1. The molecule has 2 aromatic carbocycles. The summed E-state index contributed by atoms with van der Waals surface area (Å²) in [5.41, 5.74) is 0.817. The molecule has 0 aliphatic rings. The molecule has 2 aromatic rings. The lowest BCUT2D eigenvalue weighted by Gasteiger charge is -2.09. The van der Waals surface area contributed by atoms with Gasteiger partial charge in [0.1, 0.15) is 0 Å². The van der Waals surface area contributed by atoms with Gasteiger partial charge in [-0.3, -0.25) is 9.52 Å². The first kappa shape index (κ1) is 19.2. The number of carbonyl (C=O) groups is 1. The molecule has 0 aliphatic heterocycles. The molecule has 0 atom stereocenters. The number of anilines is 1. The van der Waals surface area contributed by atoms with Gasteiger partial charge in [-0.15, -0.1) is 0 Å². The lowest BCUT2D eigenvalue weighted by molar-refractivity contribution is 0.0948. The van der Waals surface area contributed by atoms with E-state index in [0.717, 1.165) is 6.42 Å². The van der Waals surface area contributed by atoms with Gasteiger partial charge < -0.3 is 10.1 Å². The molecule has 0 aliphatic carbocycles. The Labute approximate surface area is 152 Å². The molecule has 0 spiro atoms. The van der Waals surface area contributed by atoms with Gasteiger partial charge in [0, 0.05) is 36.5 Å². The van der Waals surface area contributed by atoms with Crippen LogP contribution in [-0.2, 0) is 14.8 Å². The van der Waals surface area contributed by atoms with Crippen molar-refractivity contribution in [1.82, 2.24) is 5.32 Å². The molecule has 1 amide bonds. The third kappa shape index (κ3) is 5.74. The van der Waals surface area contributed by atoms with Crippen molar-refractivity contribution >= 4 is 33.2 Å². The van der Waals surface area contributed by atoms with Crippen molar-refractivity contribution in [3.8, 4) is 0 Å². The normalized spacial score (nSPS) is 11.1. The van der Waals surface area contributed by atoms with E-state index in [1.807, 2.05) is 0 Å². The van der Waals surface area contributed by atoms with Gasteiger partial charge in [0.15, 0.2) is 0 Å². The van der Waals surface area contributed by atoms with Crippen LogP contribution in [0.4, 0.5) is 5.69 Å². The summed E-state index contributed by atoms with van der Waals surface area (Å²) < 4.78 is 32.0. The fourth-order valence-corrected chi connectivity index (χ4v) is 3.22. The van der Waals surface area contributed by atoms with E-state index < -0.39 is 10.0 Å². The number of sulfonamides is 1. The van der Waals surface area contributed by atoms with Crippen LogP contribution in [0.5, 0.6) is 0 Å². The Hall–Kier alpha value is -2.09. The molecule has 25 heavy (non-hydrogen) atoms. The second-order valence-corrected chi connectivity index (χ2v) is 7.36. The average molecular weight is 383 g/mol. The van der Waals surface area contributed by atoms with Crippen molar-refractivity contribution < 1.29 is 17.9 Å². The third-order valence-electron chi connectivity index (χ3n) is 3.33. The van der Waals surface area contributed by atoms with Crippen molar-refractivity contribution in [2.24, 2.45) is 0 Å². The van der Waals surface area contributed by atoms with Gasteiger partial charge in [-0.1, -0.05) is 11.6 Å². The van der Waals surface area contributed by atoms with E-state index in [2.05, 4.69) is 10.0 Å². The predicted molar refractivity (Wildman–Crippen MR) is 97.5 cm³/mol. The molecule has 0 aromatic heterocycles. The summed E-state index contributed by atoms with van der Waals surface area (Å²) in [4.78, 5) is 12.1. The fourth-order valence-electron chi connectivity index (χ4n) is 2.04. The number of hydrogen-bond donors (Lipinski definition) is 2. The van der Waals surface area contributed by atoms with Crippen molar-refractivity contribution in [2.75, 3.05) is 25.0 Å². The van der Waals surface area contributed by atoms with E-state index in [1.165, 1.54) is 36.4 Å². The average Bonchev–Trinajstić information content (AvgIpc) is 2.59. The van der Waals surface area contributed by atoms with Gasteiger partial charge in [0.05, 0.1) is 4.90 Å². The molecule has 0 heterocycles. The van der Waals surface area contributed by atoms with Gasteiger partial charge in [0.25, 0.3) is 15.9 Å². The molecule has 0 fully saturated rings. The van der Waals surface area contributed by atoms with Crippen molar-refractivity contribution in [3.05, 3.63) is 59.1 Å². The highest BCUT2D eigenvalue weighted by Crippen LogP contribution is 2.18. The number of rotatable bonds is 8. The standard InChI is InChI=1S/C17H19ClN2O4S/c1-24-12-2-11-19-17(21)13-3-7-15(8-4-13)20-25(22,23)16-9-5-14(18)6-10-16/h3-10,20H,2,11-12H2,1H3,(H,19,21). The Morgan fingerprint density at radius 2 is 1.72 bits per heavy atom. The molecular formula is C17H19ClN2O4S. The number of benzene rings is 2. The zero-order chi connectivity index (χ0) is 18.3. The largest absolute Gasteiger partial charge is 0.385 e. The van der Waals surface area contributed by atoms with Crippen LogP contribution >= 0.6 is 11.6 Å². The van der Waals surface area contributed by atoms with Crippen LogP contribution in [0.25, 0.3) is 0 Å². The van der Waals surface area contributed by atoms with E-state index in [1.54, 1.807) is 19.2 Å². The molecule has 0 saturated heterocycles. The van der Waals surface area contributed by atoms with Crippen LogP contribution in [0.1, 0.15) is 16.8 Å². The lowest BCUT2D eigenvalue weighted by Crippen LogP contribution is -2.25. The first-order chi connectivity index (χ1) is 11.9. The minimum atomic E-state index is -3.71. The maximum absolute atomic E-state index is 12.3. The summed E-state index contributed by atoms with van der Waals surface area (Å²) >= 11 is 5.76. The Morgan fingerprint density at radius 1 is 1.08 bits per heavy atom. The van der Waals surface area contributed by atoms with Crippen LogP contribution in [0.3, 0.4) is 0 Å². The number of ether oxygens (including phenoxy) is 1. The minimum Gasteiger partial charge on any atom is -0.385 e. The maximum atomic E-state index is 12.3. The number of halogens is 1. The highest BCUT2D eigenvalue weighted by atomic mass is 35.5. The summed E-state index contributed by atoms with van der Waals surface area (Å²) in [6.07, 6.45) is 0.723. The van der Waals surface area contributed by atoms with Crippen LogP contribution in [0, 0.1) is 0 Å². The van der Waals surface area contributed by atoms with Gasteiger partial charge >= 0.3 is 0 Å². The van der Waals surface area contributed by atoms with Crippen LogP contribution in [0.2, 0.25) is 5.02 Å². The fraction of sp³-hybridized carbons (Fsp3) is 0.235. The minimum absolute atomic E-state index is 0.108. The van der Waals surface area contributed by atoms with Crippen LogP contribution < -0.4 is 10.0 Å². The molecule has 0 bridgehead atoms. The smallest absolute Gasteiger partial charge is 0.261 e. The van der Waals surface area contributed by atoms with Gasteiger partial charge in [-0.25, -0.2) is 8.42 Å². The second-order valence-electron chi connectivity index (χ2n) is 5.24. The summed E-state index contributed by atoms with van der Waals surface area (Å²) in [5.74, 6) is -0.219. The summed E-state index contributed by atoms with van der Waals surface area (Å²) in [6.45, 7) is 1.09. The van der Waals surface area contributed by atoms with Crippen LogP contribution in [-0.4, -0.2) is 34.6 Å². The van der Waals surface area contributed by atoms with Gasteiger partial charge in [-0.2, -0.15) is 0 Å². The molecule has 6 nitrogen and oxygen atoms in total. The molecule has 2 rings (SSSR count). The van der Waals surface area contributed by atoms with E-state index >= 15 is 0 Å². The highest BCUT2D eigenvalue weighted by Gasteiger charge is 2.14. The Morgan fingerprint density at radius 3 is 2.32 bits per heavy atom. The molecular weight excluding hydrogens is 364 g/mol. The van der Waals surface area contributed by atoms with E-state index in [4.69, 9.17) is 16.3 Å². The van der Waals surface area contributed by atoms with Crippen molar-refractivity contribution in [1.29, 1.82) is 0 Å². The highest BCUT2D eigenvalue weighted by molar-refractivity contribution is 7.92. The van der Waals surface area contributed by atoms with E-state index in [9.17, 15) is 13.2 Å². The number of carbonyl (C=O) groups excluding carboxylic acids is 1. The Bertz CT molecular complexity index is 806. The second kappa shape index (κ2) is 8.84. The summed E-state index contributed by atoms with van der Waals surface area (Å²) in [6, 6.07) is 12.1. The number of nitrogens with one attached hydrogen (secondary N) is 2. The molecule has 134 valence electrons. The monoisotopic (exact) mass is 382 g/mol.